The molecule has 0 radical (unpaired) electrons. The van der Waals surface area contributed by atoms with E-state index in [4.69, 9.17) is 4.52 Å². The van der Waals surface area contributed by atoms with Gasteiger partial charge in [0.1, 0.15) is 0 Å². The van der Waals surface area contributed by atoms with Crippen molar-refractivity contribution in [2.24, 2.45) is 0 Å². The molecule has 1 aliphatic rings. The van der Waals surface area contributed by atoms with Gasteiger partial charge in [0.25, 0.3) is 0 Å². The molecule has 1 saturated carbocycles. The highest BCUT2D eigenvalue weighted by molar-refractivity contribution is 7.99. The molecule has 0 aromatic carbocycles. The number of nitrogens with zero attached hydrogens (tertiary/aromatic N) is 2. The van der Waals surface area contributed by atoms with E-state index in [-0.39, 0.29) is 0 Å². The third-order valence-electron chi connectivity index (χ3n) is 4.37. The van der Waals surface area contributed by atoms with Crippen LogP contribution < -0.4 is 5.32 Å². The summed E-state index contributed by atoms with van der Waals surface area (Å²) < 4.78 is 5.51. The maximum Gasteiger partial charge on any atom is 0.231 e. The molecule has 1 aromatic rings. The van der Waals surface area contributed by atoms with Gasteiger partial charge in [-0.2, -0.15) is 16.7 Å². The van der Waals surface area contributed by atoms with Crippen LogP contribution in [-0.2, 0) is 5.75 Å². The Bertz CT molecular complexity index is 404. The minimum Gasteiger partial charge on any atom is -0.339 e. The number of likely N-dealkylation sites (N-methyl/N-ethyl adjacent to an activating group) is 1. The molecule has 1 fully saturated rings. The molecule has 1 heterocycles. The zero-order chi connectivity index (χ0) is 15.1. The Kier molecular flexibility index (Phi) is 7.04. The molecule has 0 spiro atoms. The van der Waals surface area contributed by atoms with E-state index < -0.39 is 0 Å². The fourth-order valence-corrected chi connectivity index (χ4v) is 4.28. The summed E-state index contributed by atoms with van der Waals surface area (Å²) in [5.74, 6) is 2.86. The highest BCUT2D eigenvalue weighted by atomic mass is 32.2. The van der Waals surface area contributed by atoms with Gasteiger partial charge in [0.2, 0.25) is 5.89 Å². The van der Waals surface area contributed by atoms with Crippen LogP contribution in [0.3, 0.4) is 0 Å². The van der Waals surface area contributed by atoms with Gasteiger partial charge in [0.15, 0.2) is 5.82 Å². The Hall–Kier alpha value is -0.550. The topological polar surface area (TPSA) is 51.0 Å². The van der Waals surface area contributed by atoms with Crippen LogP contribution in [0, 0.1) is 0 Å². The van der Waals surface area contributed by atoms with E-state index in [2.05, 4.69) is 36.2 Å². The molecule has 4 nitrogen and oxygen atoms in total. The summed E-state index contributed by atoms with van der Waals surface area (Å²) in [7, 11) is 0. The van der Waals surface area contributed by atoms with E-state index in [0.717, 1.165) is 35.7 Å². The molecular formula is C16H29N3OS. The maximum absolute atomic E-state index is 5.51. The summed E-state index contributed by atoms with van der Waals surface area (Å²) in [5, 5.41) is 8.43. The highest BCUT2D eigenvalue weighted by Crippen LogP contribution is 2.30. The van der Waals surface area contributed by atoms with Gasteiger partial charge in [0, 0.05) is 11.3 Å². The lowest BCUT2D eigenvalue weighted by atomic mass is 9.98. The van der Waals surface area contributed by atoms with Gasteiger partial charge in [0.05, 0.1) is 11.7 Å². The van der Waals surface area contributed by atoms with E-state index >= 15 is 0 Å². The number of aromatic nitrogens is 2. The standard InChI is InChI=1S/C16H29N3OS/c1-4-14(12(3)17-5-2)16-18-15(19-20-16)11-21-13-9-7-6-8-10-13/h12-14,17H,4-11H2,1-3H3. The molecule has 0 saturated heterocycles. The van der Waals surface area contributed by atoms with Crippen molar-refractivity contribution in [3.8, 4) is 0 Å². The van der Waals surface area contributed by atoms with Crippen molar-refractivity contribution in [3.63, 3.8) is 0 Å². The highest BCUT2D eigenvalue weighted by Gasteiger charge is 2.23. The van der Waals surface area contributed by atoms with E-state index in [1.54, 1.807) is 0 Å². The van der Waals surface area contributed by atoms with Crippen LogP contribution in [-0.4, -0.2) is 28.0 Å². The molecule has 120 valence electrons. The molecule has 1 aliphatic carbocycles. The molecule has 0 amide bonds. The van der Waals surface area contributed by atoms with Gasteiger partial charge in [-0.25, -0.2) is 0 Å². The minimum atomic E-state index is 0.311. The average Bonchev–Trinajstić information content (AvgIpc) is 2.96. The second-order valence-electron chi connectivity index (χ2n) is 5.98. The third kappa shape index (κ3) is 4.99. The van der Waals surface area contributed by atoms with Crippen molar-refractivity contribution < 1.29 is 4.52 Å². The predicted octanol–water partition coefficient (Wildman–Crippen LogP) is 4.13. The van der Waals surface area contributed by atoms with Gasteiger partial charge in [-0.15, -0.1) is 0 Å². The van der Waals surface area contributed by atoms with Crippen molar-refractivity contribution in [1.82, 2.24) is 15.5 Å². The van der Waals surface area contributed by atoms with Crippen LogP contribution in [0.25, 0.3) is 0 Å². The van der Waals surface area contributed by atoms with Crippen LogP contribution >= 0.6 is 11.8 Å². The molecule has 1 aromatic heterocycles. The molecule has 0 aliphatic heterocycles. The number of hydrogen-bond donors (Lipinski definition) is 1. The van der Waals surface area contributed by atoms with E-state index in [1.807, 2.05) is 11.8 Å². The van der Waals surface area contributed by atoms with Gasteiger partial charge in [-0.05, 0) is 32.7 Å². The van der Waals surface area contributed by atoms with Crippen molar-refractivity contribution in [2.75, 3.05) is 6.54 Å². The smallest absolute Gasteiger partial charge is 0.231 e. The van der Waals surface area contributed by atoms with Crippen molar-refractivity contribution >= 4 is 11.8 Å². The first-order valence-corrected chi connectivity index (χ1v) is 9.46. The van der Waals surface area contributed by atoms with Crippen LogP contribution in [0.5, 0.6) is 0 Å². The second-order valence-corrected chi connectivity index (χ2v) is 7.27. The van der Waals surface area contributed by atoms with E-state index in [0.29, 0.717) is 12.0 Å². The summed E-state index contributed by atoms with van der Waals surface area (Å²) in [6.45, 7) is 7.47. The van der Waals surface area contributed by atoms with Gasteiger partial charge in [-0.3, -0.25) is 0 Å². The first kappa shape index (κ1) is 16.8. The zero-order valence-electron chi connectivity index (χ0n) is 13.6. The van der Waals surface area contributed by atoms with Gasteiger partial charge >= 0.3 is 0 Å². The lowest BCUT2D eigenvalue weighted by Gasteiger charge is -2.20. The molecule has 5 heteroatoms. The van der Waals surface area contributed by atoms with Gasteiger partial charge < -0.3 is 9.84 Å². The summed E-state index contributed by atoms with van der Waals surface area (Å²) in [6, 6.07) is 0.374. The molecule has 2 rings (SSSR count). The first-order chi connectivity index (χ1) is 10.2. The SMILES string of the molecule is CCNC(C)C(CC)c1nc(CSC2CCCCC2)no1. The average molecular weight is 311 g/mol. The summed E-state index contributed by atoms with van der Waals surface area (Å²) in [6.07, 6.45) is 7.89. The molecular weight excluding hydrogens is 282 g/mol. The normalized spacial score (nSPS) is 19.6. The largest absolute Gasteiger partial charge is 0.339 e. The second kappa shape index (κ2) is 8.79. The Morgan fingerprint density at radius 3 is 2.71 bits per heavy atom. The Morgan fingerprint density at radius 2 is 2.05 bits per heavy atom. The fourth-order valence-electron chi connectivity index (χ4n) is 3.11. The molecule has 2 atom stereocenters. The van der Waals surface area contributed by atoms with E-state index in [1.165, 1.54) is 32.1 Å². The van der Waals surface area contributed by atoms with Crippen LogP contribution in [0.2, 0.25) is 0 Å². The van der Waals surface area contributed by atoms with Crippen molar-refractivity contribution in [2.45, 2.75) is 82.3 Å². The number of rotatable bonds is 8. The first-order valence-electron chi connectivity index (χ1n) is 8.42. The quantitative estimate of drug-likeness (QED) is 0.782. The summed E-state index contributed by atoms with van der Waals surface area (Å²) in [5.41, 5.74) is 0. The molecule has 2 unspecified atom stereocenters. The van der Waals surface area contributed by atoms with E-state index in [9.17, 15) is 0 Å². The number of thioether (sulfide) groups is 1. The molecule has 1 N–H and O–H groups in total. The van der Waals surface area contributed by atoms with Crippen molar-refractivity contribution in [3.05, 3.63) is 11.7 Å². The minimum absolute atomic E-state index is 0.311. The van der Waals surface area contributed by atoms with Crippen LogP contribution in [0.15, 0.2) is 4.52 Å². The predicted molar refractivity (Wildman–Crippen MR) is 88.6 cm³/mol. The number of nitrogens with one attached hydrogen (secondary N) is 1. The summed E-state index contributed by atoms with van der Waals surface area (Å²) in [4.78, 5) is 4.63. The zero-order valence-corrected chi connectivity index (χ0v) is 14.4. The van der Waals surface area contributed by atoms with Crippen molar-refractivity contribution in [1.29, 1.82) is 0 Å². The number of hydrogen-bond acceptors (Lipinski definition) is 5. The maximum atomic E-state index is 5.51. The lowest BCUT2D eigenvalue weighted by molar-refractivity contribution is 0.316. The fraction of sp³-hybridized carbons (Fsp3) is 0.875. The molecule has 0 bridgehead atoms. The monoisotopic (exact) mass is 311 g/mol. The Labute approximate surface area is 132 Å². The van der Waals surface area contributed by atoms with Gasteiger partial charge in [-0.1, -0.05) is 38.3 Å². The lowest BCUT2D eigenvalue weighted by Crippen LogP contribution is -2.31. The Morgan fingerprint density at radius 1 is 1.29 bits per heavy atom. The molecule has 21 heavy (non-hydrogen) atoms. The Balaban J connectivity index is 1.87. The summed E-state index contributed by atoms with van der Waals surface area (Å²) >= 11 is 2.00. The van der Waals surface area contributed by atoms with Crippen LogP contribution in [0.4, 0.5) is 0 Å². The third-order valence-corrected chi connectivity index (χ3v) is 5.74. The van der Waals surface area contributed by atoms with Crippen LogP contribution in [0.1, 0.15) is 76.9 Å².